The van der Waals surface area contributed by atoms with Gasteiger partial charge in [0.25, 0.3) is 20.0 Å². The van der Waals surface area contributed by atoms with Gasteiger partial charge >= 0.3 is 0 Å². The number of halogens is 1. The van der Waals surface area contributed by atoms with Crippen molar-refractivity contribution in [2.75, 3.05) is 27.5 Å². The van der Waals surface area contributed by atoms with E-state index in [1.165, 1.54) is 48.5 Å². The highest BCUT2D eigenvalue weighted by Crippen LogP contribution is 2.33. The van der Waals surface area contributed by atoms with Crippen LogP contribution in [0, 0.1) is 13.8 Å². The summed E-state index contributed by atoms with van der Waals surface area (Å²) in [6.07, 6.45) is 0. The van der Waals surface area contributed by atoms with Crippen LogP contribution in [-0.2, 0) is 24.8 Å². The second kappa shape index (κ2) is 12.8. The minimum absolute atomic E-state index is 0.00180. The average Bonchev–Trinajstić information content (AvgIpc) is 2.94. The summed E-state index contributed by atoms with van der Waals surface area (Å²) in [7, 11) is -8.10. The summed E-state index contributed by atoms with van der Waals surface area (Å²) in [5.74, 6) is -0.362. The Morgan fingerprint density at radius 3 is 2.14 bits per heavy atom. The summed E-state index contributed by atoms with van der Waals surface area (Å²) in [5.41, 5.74) is 2.73. The first-order valence-corrected chi connectivity index (χ1v) is 16.2. The fraction of sp³-hybridized carbons (Fsp3) is 0.167. The number of anilines is 3. The Balaban J connectivity index is 1.57. The monoisotopic (exact) mass is 627 g/mol. The predicted octanol–water partition coefficient (Wildman–Crippen LogP) is 5.99. The van der Waals surface area contributed by atoms with E-state index >= 15 is 0 Å². The van der Waals surface area contributed by atoms with Crippen LogP contribution in [0.5, 0.6) is 5.75 Å². The molecule has 2 N–H and O–H groups in total. The van der Waals surface area contributed by atoms with Crippen LogP contribution >= 0.6 is 11.6 Å². The van der Waals surface area contributed by atoms with Crippen LogP contribution in [0.25, 0.3) is 0 Å². The third-order valence-corrected chi connectivity index (χ3v) is 9.60. The fourth-order valence-corrected chi connectivity index (χ4v) is 6.84. The molecule has 0 aliphatic carbocycles. The highest BCUT2D eigenvalue weighted by atomic mass is 35.5. The van der Waals surface area contributed by atoms with E-state index in [0.717, 1.165) is 15.4 Å². The van der Waals surface area contributed by atoms with Crippen molar-refractivity contribution in [1.82, 2.24) is 0 Å². The van der Waals surface area contributed by atoms with Gasteiger partial charge in [-0.3, -0.25) is 13.8 Å². The Kier molecular flexibility index (Phi) is 9.45. The third kappa shape index (κ3) is 7.22. The van der Waals surface area contributed by atoms with Crippen molar-refractivity contribution in [2.45, 2.75) is 30.6 Å². The van der Waals surface area contributed by atoms with Gasteiger partial charge in [0.05, 0.1) is 27.8 Å². The minimum Gasteiger partial charge on any atom is -0.492 e. The van der Waals surface area contributed by atoms with Crippen molar-refractivity contribution in [3.63, 3.8) is 0 Å². The molecule has 0 heterocycles. The SMILES string of the molecule is CCOc1ccccc1N(CC(=O)Nc1ccc(S(=O)(=O)Nc2ccc(C)cc2C)cc1)S(=O)(=O)c1ccc(Cl)cc1. The first-order chi connectivity index (χ1) is 19.9. The Morgan fingerprint density at radius 2 is 1.50 bits per heavy atom. The number of amides is 1. The molecule has 0 bridgehead atoms. The smallest absolute Gasteiger partial charge is 0.264 e. The molecule has 0 saturated carbocycles. The van der Waals surface area contributed by atoms with Crippen molar-refractivity contribution in [3.05, 3.63) is 107 Å². The van der Waals surface area contributed by atoms with Gasteiger partial charge in [0, 0.05) is 10.7 Å². The number of hydrogen-bond acceptors (Lipinski definition) is 6. The Hall–Kier alpha value is -4.06. The maximum atomic E-state index is 13.7. The van der Waals surface area contributed by atoms with Gasteiger partial charge in [0.2, 0.25) is 5.91 Å². The van der Waals surface area contributed by atoms with Gasteiger partial charge in [0.1, 0.15) is 12.3 Å². The number of hydrogen-bond donors (Lipinski definition) is 2. The molecule has 0 atom stereocenters. The summed E-state index contributed by atoms with van der Waals surface area (Å²) in [6.45, 7) is 5.20. The normalized spacial score (nSPS) is 11.5. The first kappa shape index (κ1) is 30.9. The van der Waals surface area contributed by atoms with Gasteiger partial charge in [-0.1, -0.05) is 41.4 Å². The number of sulfonamides is 2. The molecule has 9 nitrogen and oxygen atoms in total. The molecule has 4 aromatic carbocycles. The molecule has 0 spiro atoms. The lowest BCUT2D eigenvalue weighted by Crippen LogP contribution is -2.38. The van der Waals surface area contributed by atoms with Gasteiger partial charge in [-0.05, 0) is 93.1 Å². The standard InChI is InChI=1S/C30H30ClN3O6S2/c1-4-40-29-8-6-5-7-28(29)34(42(38,39)26-14-10-23(31)11-15-26)20-30(35)32-24-12-16-25(17-13-24)41(36,37)33-27-18-9-21(2)19-22(27)3/h5-19,33H,4,20H2,1-3H3,(H,32,35). The van der Waals surface area contributed by atoms with Gasteiger partial charge in [-0.2, -0.15) is 0 Å². The first-order valence-electron chi connectivity index (χ1n) is 12.9. The van der Waals surface area contributed by atoms with E-state index < -0.39 is 32.5 Å². The zero-order valence-corrected chi connectivity index (χ0v) is 25.6. The summed E-state index contributed by atoms with van der Waals surface area (Å²) in [5, 5.41) is 3.01. The predicted molar refractivity (Wildman–Crippen MR) is 165 cm³/mol. The summed E-state index contributed by atoms with van der Waals surface area (Å²) in [6, 6.07) is 23.1. The molecule has 0 unspecified atom stereocenters. The second-order valence-corrected chi connectivity index (χ2v) is 13.3. The molecule has 220 valence electrons. The third-order valence-electron chi connectivity index (χ3n) is 6.20. The number of ether oxygens (including phenoxy) is 1. The van der Waals surface area contributed by atoms with Crippen LogP contribution in [0.3, 0.4) is 0 Å². The van der Waals surface area contributed by atoms with Gasteiger partial charge in [-0.15, -0.1) is 0 Å². The Labute approximate surface area is 251 Å². The van der Waals surface area contributed by atoms with Crippen molar-refractivity contribution in [1.29, 1.82) is 0 Å². The molecular weight excluding hydrogens is 598 g/mol. The summed E-state index contributed by atoms with van der Waals surface area (Å²) >= 11 is 5.96. The molecule has 42 heavy (non-hydrogen) atoms. The van der Waals surface area contributed by atoms with E-state index in [1.807, 2.05) is 26.0 Å². The Morgan fingerprint density at radius 1 is 0.857 bits per heavy atom. The van der Waals surface area contributed by atoms with E-state index in [4.69, 9.17) is 16.3 Å². The summed E-state index contributed by atoms with van der Waals surface area (Å²) < 4.78 is 62.5. The van der Waals surface area contributed by atoms with E-state index in [2.05, 4.69) is 10.0 Å². The van der Waals surface area contributed by atoms with Gasteiger partial charge in [-0.25, -0.2) is 16.8 Å². The maximum absolute atomic E-state index is 13.7. The second-order valence-electron chi connectivity index (χ2n) is 9.36. The quantitative estimate of drug-likeness (QED) is 0.211. The van der Waals surface area contributed by atoms with Crippen LogP contribution in [0.2, 0.25) is 5.02 Å². The zero-order valence-electron chi connectivity index (χ0n) is 23.2. The van der Waals surface area contributed by atoms with Crippen LogP contribution < -0.4 is 19.1 Å². The van der Waals surface area contributed by atoms with Crippen LogP contribution in [0.4, 0.5) is 17.1 Å². The molecule has 4 aromatic rings. The molecular formula is C30H30ClN3O6S2. The van der Waals surface area contributed by atoms with Crippen molar-refractivity contribution in [3.8, 4) is 5.75 Å². The minimum atomic E-state index is -4.21. The van der Waals surface area contributed by atoms with Crippen LogP contribution in [0.15, 0.2) is 101 Å². The topological polar surface area (TPSA) is 122 Å². The lowest BCUT2D eigenvalue weighted by atomic mass is 10.1. The highest BCUT2D eigenvalue weighted by Gasteiger charge is 2.29. The lowest BCUT2D eigenvalue weighted by molar-refractivity contribution is -0.114. The summed E-state index contributed by atoms with van der Waals surface area (Å²) in [4.78, 5) is 13.1. The number of benzene rings is 4. The van der Waals surface area contributed by atoms with Gasteiger partial charge < -0.3 is 10.1 Å². The zero-order chi connectivity index (χ0) is 30.5. The molecule has 0 saturated heterocycles. The molecule has 0 aromatic heterocycles. The number of nitrogens with zero attached hydrogens (tertiary/aromatic N) is 1. The highest BCUT2D eigenvalue weighted by molar-refractivity contribution is 7.93. The number of nitrogens with one attached hydrogen (secondary N) is 2. The molecule has 4 rings (SSSR count). The largest absolute Gasteiger partial charge is 0.492 e. The van der Waals surface area contributed by atoms with E-state index in [1.54, 1.807) is 37.3 Å². The van der Waals surface area contributed by atoms with E-state index in [9.17, 15) is 21.6 Å². The number of carbonyl (C=O) groups is 1. The number of rotatable bonds is 11. The molecule has 0 radical (unpaired) electrons. The van der Waals surface area contributed by atoms with E-state index in [0.29, 0.717) is 10.7 Å². The van der Waals surface area contributed by atoms with Crippen LogP contribution in [-0.4, -0.2) is 35.9 Å². The Bertz CT molecular complexity index is 1790. The van der Waals surface area contributed by atoms with Crippen molar-refractivity contribution < 1.29 is 26.4 Å². The van der Waals surface area contributed by atoms with Gasteiger partial charge in [0.15, 0.2) is 0 Å². The molecule has 0 aliphatic heterocycles. The van der Waals surface area contributed by atoms with Crippen molar-refractivity contribution >= 4 is 54.6 Å². The lowest BCUT2D eigenvalue weighted by Gasteiger charge is -2.26. The molecule has 12 heteroatoms. The number of para-hydroxylation sites is 2. The molecule has 0 aliphatic rings. The van der Waals surface area contributed by atoms with Crippen LogP contribution in [0.1, 0.15) is 18.1 Å². The maximum Gasteiger partial charge on any atom is 0.264 e. The van der Waals surface area contributed by atoms with E-state index in [-0.39, 0.29) is 33.5 Å². The number of aryl methyl sites for hydroxylation is 2. The number of carbonyl (C=O) groups excluding carboxylic acids is 1. The fourth-order valence-electron chi connectivity index (χ4n) is 4.15. The molecule has 0 fully saturated rings. The molecule has 1 amide bonds. The van der Waals surface area contributed by atoms with Crippen molar-refractivity contribution in [2.24, 2.45) is 0 Å². The average molecular weight is 628 g/mol.